The summed E-state index contributed by atoms with van der Waals surface area (Å²) < 4.78 is 0. The lowest BCUT2D eigenvalue weighted by Gasteiger charge is -2.36. The molecule has 1 aliphatic carbocycles. The topological polar surface area (TPSA) is 15.3 Å². The summed E-state index contributed by atoms with van der Waals surface area (Å²) in [5.41, 5.74) is 0.674. The third kappa shape index (κ3) is 4.26. The zero-order chi connectivity index (χ0) is 12.7. The minimum absolute atomic E-state index is 0.266. The van der Waals surface area contributed by atoms with Crippen molar-refractivity contribution in [3.63, 3.8) is 0 Å². The van der Waals surface area contributed by atoms with E-state index in [1.807, 2.05) is 0 Å². The van der Waals surface area contributed by atoms with Crippen LogP contribution >= 0.6 is 0 Å². The van der Waals surface area contributed by atoms with Crippen LogP contribution in [0.15, 0.2) is 0 Å². The highest BCUT2D eigenvalue weighted by Crippen LogP contribution is 2.31. The van der Waals surface area contributed by atoms with Crippen LogP contribution in [0.4, 0.5) is 0 Å². The van der Waals surface area contributed by atoms with E-state index in [0.717, 1.165) is 6.04 Å². The fourth-order valence-electron chi connectivity index (χ4n) is 3.61. The molecule has 0 amide bonds. The molecule has 17 heavy (non-hydrogen) atoms. The summed E-state index contributed by atoms with van der Waals surface area (Å²) in [6.07, 6.45) is 5.46. The van der Waals surface area contributed by atoms with Crippen LogP contribution in [0.1, 0.15) is 60.3 Å². The van der Waals surface area contributed by atoms with Crippen molar-refractivity contribution in [2.24, 2.45) is 5.41 Å². The lowest BCUT2D eigenvalue weighted by atomic mass is 9.81. The van der Waals surface area contributed by atoms with E-state index in [1.165, 1.54) is 38.8 Å². The van der Waals surface area contributed by atoms with E-state index in [-0.39, 0.29) is 5.54 Å². The normalized spacial score (nSPS) is 27.7. The summed E-state index contributed by atoms with van der Waals surface area (Å²) in [5, 5.41) is 3.88. The smallest absolute Gasteiger partial charge is 0.0212 e. The van der Waals surface area contributed by atoms with Crippen LogP contribution in [0, 0.1) is 5.41 Å². The van der Waals surface area contributed by atoms with Crippen LogP contribution in [-0.2, 0) is 0 Å². The lowest BCUT2D eigenvalue weighted by molar-refractivity contribution is 0.218. The van der Waals surface area contributed by atoms with Gasteiger partial charge in [-0.1, -0.05) is 20.8 Å². The van der Waals surface area contributed by atoms with E-state index in [2.05, 4.69) is 44.8 Å². The zero-order valence-corrected chi connectivity index (χ0v) is 12.3. The number of nitrogens with zero attached hydrogens (tertiary/aromatic N) is 1. The Kier molecular flexibility index (Phi) is 3.57. The van der Waals surface area contributed by atoms with Gasteiger partial charge in [0.2, 0.25) is 0 Å². The molecule has 100 valence electrons. The van der Waals surface area contributed by atoms with Gasteiger partial charge in [0.15, 0.2) is 0 Å². The average molecular weight is 238 g/mol. The minimum Gasteiger partial charge on any atom is -0.308 e. The largest absolute Gasteiger partial charge is 0.308 e. The second kappa shape index (κ2) is 4.55. The van der Waals surface area contributed by atoms with Gasteiger partial charge in [-0.15, -0.1) is 0 Å². The van der Waals surface area contributed by atoms with E-state index in [4.69, 9.17) is 0 Å². The molecule has 2 nitrogen and oxygen atoms in total. The number of rotatable bonds is 4. The Bertz CT molecular complexity index is 261. The molecule has 1 saturated carbocycles. The molecule has 2 heteroatoms. The van der Waals surface area contributed by atoms with E-state index < -0.39 is 0 Å². The second-order valence-electron chi connectivity index (χ2n) is 7.98. The average Bonchev–Trinajstić information content (AvgIpc) is 2.84. The van der Waals surface area contributed by atoms with Gasteiger partial charge < -0.3 is 5.32 Å². The maximum Gasteiger partial charge on any atom is 0.0212 e. The van der Waals surface area contributed by atoms with Crippen molar-refractivity contribution in [2.75, 3.05) is 13.1 Å². The molecule has 2 rings (SSSR count). The second-order valence-corrected chi connectivity index (χ2v) is 7.98. The SMILES string of the molecule is CC(C)(C)CC(C)(C)NC1CCN(C2CC2)C1. The molecular formula is C15H30N2. The van der Waals surface area contributed by atoms with Gasteiger partial charge in [-0.2, -0.15) is 0 Å². The molecule has 1 unspecified atom stereocenters. The summed E-state index contributed by atoms with van der Waals surface area (Å²) >= 11 is 0. The molecular weight excluding hydrogens is 208 g/mol. The van der Waals surface area contributed by atoms with Gasteiger partial charge in [0.1, 0.15) is 0 Å². The van der Waals surface area contributed by atoms with Crippen molar-refractivity contribution < 1.29 is 0 Å². The fourth-order valence-corrected chi connectivity index (χ4v) is 3.61. The predicted octanol–water partition coefficient (Wildman–Crippen LogP) is 3.03. The highest BCUT2D eigenvalue weighted by Gasteiger charge is 2.36. The van der Waals surface area contributed by atoms with Crippen LogP contribution in [-0.4, -0.2) is 35.6 Å². The molecule has 1 saturated heterocycles. The Labute approximate surface area is 107 Å². The number of nitrogens with one attached hydrogen (secondary N) is 1. The summed E-state index contributed by atoms with van der Waals surface area (Å²) in [5.74, 6) is 0. The summed E-state index contributed by atoms with van der Waals surface area (Å²) in [4.78, 5) is 2.69. The van der Waals surface area contributed by atoms with Gasteiger partial charge in [0, 0.05) is 30.7 Å². The zero-order valence-electron chi connectivity index (χ0n) is 12.3. The van der Waals surface area contributed by atoms with Gasteiger partial charge in [0.05, 0.1) is 0 Å². The molecule has 0 spiro atoms. The van der Waals surface area contributed by atoms with E-state index >= 15 is 0 Å². The Morgan fingerprint density at radius 1 is 1.06 bits per heavy atom. The monoisotopic (exact) mass is 238 g/mol. The van der Waals surface area contributed by atoms with Crippen LogP contribution in [0.25, 0.3) is 0 Å². The number of likely N-dealkylation sites (tertiary alicyclic amines) is 1. The van der Waals surface area contributed by atoms with E-state index in [9.17, 15) is 0 Å². The quantitative estimate of drug-likeness (QED) is 0.810. The van der Waals surface area contributed by atoms with Crippen LogP contribution < -0.4 is 5.32 Å². The first kappa shape index (κ1) is 13.4. The molecule has 0 radical (unpaired) electrons. The highest BCUT2D eigenvalue weighted by atomic mass is 15.2. The van der Waals surface area contributed by atoms with Crippen LogP contribution in [0.5, 0.6) is 0 Å². The van der Waals surface area contributed by atoms with Crippen molar-refractivity contribution in [1.29, 1.82) is 0 Å². The van der Waals surface area contributed by atoms with Gasteiger partial charge in [-0.3, -0.25) is 4.90 Å². The third-order valence-electron chi connectivity index (χ3n) is 3.85. The Hall–Kier alpha value is -0.0800. The molecule has 0 aromatic rings. The Morgan fingerprint density at radius 3 is 2.24 bits per heavy atom. The van der Waals surface area contributed by atoms with Crippen molar-refractivity contribution in [3.05, 3.63) is 0 Å². The van der Waals surface area contributed by atoms with Gasteiger partial charge in [0.25, 0.3) is 0 Å². The van der Waals surface area contributed by atoms with Crippen molar-refractivity contribution in [1.82, 2.24) is 10.2 Å². The van der Waals surface area contributed by atoms with E-state index in [0.29, 0.717) is 11.5 Å². The summed E-state index contributed by atoms with van der Waals surface area (Å²) in [6.45, 7) is 14.3. The molecule has 0 bridgehead atoms. The van der Waals surface area contributed by atoms with E-state index in [1.54, 1.807) is 0 Å². The standard InChI is InChI=1S/C15H30N2/c1-14(2,3)11-15(4,5)16-12-8-9-17(10-12)13-6-7-13/h12-13,16H,6-11H2,1-5H3. The summed E-state index contributed by atoms with van der Waals surface area (Å²) in [7, 11) is 0. The van der Waals surface area contributed by atoms with Crippen molar-refractivity contribution in [3.8, 4) is 0 Å². The molecule has 2 aliphatic rings. The summed E-state index contributed by atoms with van der Waals surface area (Å²) in [6, 6.07) is 1.65. The molecule has 1 atom stereocenters. The first-order chi connectivity index (χ1) is 7.75. The van der Waals surface area contributed by atoms with Crippen molar-refractivity contribution >= 4 is 0 Å². The number of hydrogen-bond donors (Lipinski definition) is 1. The van der Waals surface area contributed by atoms with Crippen LogP contribution in [0.2, 0.25) is 0 Å². The molecule has 1 aliphatic heterocycles. The predicted molar refractivity (Wildman–Crippen MR) is 74.3 cm³/mol. The van der Waals surface area contributed by atoms with Gasteiger partial charge in [-0.05, 0) is 44.9 Å². The molecule has 0 aromatic carbocycles. The van der Waals surface area contributed by atoms with Gasteiger partial charge in [-0.25, -0.2) is 0 Å². The highest BCUT2D eigenvalue weighted by molar-refractivity contribution is 4.95. The first-order valence-corrected chi connectivity index (χ1v) is 7.27. The maximum atomic E-state index is 3.88. The molecule has 2 fully saturated rings. The third-order valence-corrected chi connectivity index (χ3v) is 3.85. The Morgan fingerprint density at radius 2 is 1.71 bits per heavy atom. The minimum atomic E-state index is 0.266. The van der Waals surface area contributed by atoms with Crippen molar-refractivity contribution in [2.45, 2.75) is 77.9 Å². The number of hydrogen-bond acceptors (Lipinski definition) is 2. The fraction of sp³-hybridized carbons (Fsp3) is 1.00. The Balaban J connectivity index is 1.79. The first-order valence-electron chi connectivity index (χ1n) is 7.27. The lowest BCUT2D eigenvalue weighted by Crippen LogP contribution is -2.49. The maximum absolute atomic E-state index is 3.88. The van der Waals surface area contributed by atoms with Crippen LogP contribution in [0.3, 0.4) is 0 Å². The van der Waals surface area contributed by atoms with Gasteiger partial charge >= 0.3 is 0 Å². The molecule has 1 heterocycles. The molecule has 0 aromatic heterocycles. The molecule has 1 N–H and O–H groups in total.